The first kappa shape index (κ1) is 22.1. The van der Waals surface area contributed by atoms with E-state index in [4.69, 9.17) is 0 Å². The third kappa shape index (κ3) is 4.55. The minimum atomic E-state index is -3.96. The number of nitrogens with one attached hydrogen (secondary N) is 2. The van der Waals surface area contributed by atoms with Crippen LogP contribution in [0.3, 0.4) is 0 Å². The number of nitrogens with zero attached hydrogens (tertiary/aromatic N) is 4. The molecule has 4 rings (SSSR count). The molecule has 1 amide bonds. The number of rotatable bonds is 7. The molecule has 9 nitrogen and oxygen atoms in total. The molecule has 1 unspecified atom stereocenters. The first-order valence-corrected chi connectivity index (χ1v) is 12.0. The molecule has 1 aliphatic rings. The fraction of sp³-hybridized carbons (Fsp3) is 0.364. The van der Waals surface area contributed by atoms with Crippen LogP contribution < -0.4 is 4.72 Å². The summed E-state index contributed by atoms with van der Waals surface area (Å²) in [6, 6.07) is 11.3. The van der Waals surface area contributed by atoms with Crippen LogP contribution in [0, 0.1) is 11.3 Å². The zero-order valence-electron chi connectivity index (χ0n) is 17.9. The molecule has 2 aromatic heterocycles. The molecule has 0 saturated carbocycles. The Bertz CT molecular complexity index is 1250. The topological polar surface area (TPSA) is 114 Å². The number of H-pyrrole nitrogens is 1. The van der Waals surface area contributed by atoms with Gasteiger partial charge in [-0.1, -0.05) is 6.07 Å². The number of carbonyl (C=O) groups is 1. The summed E-state index contributed by atoms with van der Waals surface area (Å²) in [5.41, 5.74) is 1.18. The van der Waals surface area contributed by atoms with Gasteiger partial charge in [0.15, 0.2) is 0 Å². The van der Waals surface area contributed by atoms with Gasteiger partial charge in [0.05, 0.1) is 4.90 Å². The minimum Gasteiger partial charge on any atom is -0.361 e. The zero-order chi connectivity index (χ0) is 22.7. The van der Waals surface area contributed by atoms with E-state index in [2.05, 4.69) is 20.7 Å². The SMILES string of the molecule is CN1CCN(C(=O)C(CCn2cccc2C#N)NS(=O)(=O)c2cccc3[nH]ccc23)CC1. The zero-order valence-corrected chi connectivity index (χ0v) is 18.7. The highest BCUT2D eigenvalue weighted by molar-refractivity contribution is 7.89. The highest BCUT2D eigenvalue weighted by Crippen LogP contribution is 2.23. The summed E-state index contributed by atoms with van der Waals surface area (Å²) in [5.74, 6) is -0.242. The Morgan fingerprint density at radius 1 is 1.19 bits per heavy atom. The van der Waals surface area contributed by atoms with Crippen LogP contribution in [0.4, 0.5) is 0 Å². The van der Waals surface area contributed by atoms with Gasteiger partial charge in [0, 0.05) is 56.0 Å². The fourth-order valence-electron chi connectivity index (χ4n) is 4.00. The number of aromatic nitrogens is 2. The summed E-state index contributed by atoms with van der Waals surface area (Å²) in [7, 11) is -1.96. The summed E-state index contributed by atoms with van der Waals surface area (Å²) in [6.07, 6.45) is 3.67. The quantitative estimate of drug-likeness (QED) is 0.559. The van der Waals surface area contributed by atoms with Crippen molar-refractivity contribution in [2.45, 2.75) is 23.9 Å². The molecule has 32 heavy (non-hydrogen) atoms. The van der Waals surface area contributed by atoms with Crippen molar-refractivity contribution in [2.75, 3.05) is 33.2 Å². The van der Waals surface area contributed by atoms with Crippen molar-refractivity contribution in [1.82, 2.24) is 24.1 Å². The Hall–Kier alpha value is -3.13. The fourth-order valence-corrected chi connectivity index (χ4v) is 5.45. The molecule has 1 aromatic carbocycles. The Kier molecular flexibility index (Phi) is 6.32. The van der Waals surface area contributed by atoms with Crippen molar-refractivity contribution in [2.24, 2.45) is 0 Å². The lowest BCUT2D eigenvalue weighted by Gasteiger charge is -2.34. The first-order chi connectivity index (χ1) is 15.4. The van der Waals surface area contributed by atoms with E-state index in [1.54, 1.807) is 52.2 Å². The maximum Gasteiger partial charge on any atom is 0.241 e. The van der Waals surface area contributed by atoms with Crippen LogP contribution >= 0.6 is 0 Å². The molecule has 1 fully saturated rings. The van der Waals surface area contributed by atoms with Crippen LogP contribution in [-0.2, 0) is 21.4 Å². The summed E-state index contributed by atoms with van der Waals surface area (Å²) >= 11 is 0. The second-order valence-electron chi connectivity index (χ2n) is 7.98. The second-order valence-corrected chi connectivity index (χ2v) is 9.67. The van der Waals surface area contributed by atoms with Crippen LogP contribution in [-0.4, -0.2) is 72.9 Å². The average Bonchev–Trinajstić information content (AvgIpc) is 3.45. The lowest BCUT2D eigenvalue weighted by molar-refractivity contribution is -0.134. The minimum absolute atomic E-state index is 0.131. The highest BCUT2D eigenvalue weighted by atomic mass is 32.2. The molecule has 1 aliphatic heterocycles. The van der Waals surface area contributed by atoms with Crippen molar-refractivity contribution >= 4 is 26.8 Å². The van der Waals surface area contributed by atoms with Crippen molar-refractivity contribution in [1.29, 1.82) is 5.26 Å². The van der Waals surface area contributed by atoms with Gasteiger partial charge in [0.1, 0.15) is 17.8 Å². The standard InChI is InChI=1S/C22H26N6O3S/c1-26-12-14-28(15-13-26)22(29)20(8-11-27-10-3-4-17(27)16-23)25-32(30,31)21-6-2-5-19-18(21)7-9-24-19/h2-7,9-10,20,24-25H,8,11-15H2,1H3. The molecule has 2 N–H and O–H groups in total. The number of fused-ring (bicyclic) bond motifs is 1. The Balaban J connectivity index is 1.60. The van der Waals surface area contributed by atoms with Gasteiger partial charge < -0.3 is 19.4 Å². The van der Waals surface area contributed by atoms with Crippen molar-refractivity contribution in [3.05, 3.63) is 54.5 Å². The summed E-state index contributed by atoms with van der Waals surface area (Å²) in [4.78, 5) is 20.3. The molecule has 3 heterocycles. The molecule has 3 aromatic rings. The van der Waals surface area contributed by atoms with Crippen LogP contribution in [0.1, 0.15) is 12.1 Å². The van der Waals surface area contributed by atoms with Gasteiger partial charge in [-0.25, -0.2) is 8.42 Å². The molecule has 0 bridgehead atoms. The maximum absolute atomic E-state index is 13.3. The van der Waals surface area contributed by atoms with E-state index in [0.29, 0.717) is 36.2 Å². The van der Waals surface area contributed by atoms with Crippen LogP contribution in [0.5, 0.6) is 0 Å². The Morgan fingerprint density at radius 3 is 2.72 bits per heavy atom. The van der Waals surface area contributed by atoms with Gasteiger partial charge in [-0.15, -0.1) is 0 Å². The van der Waals surface area contributed by atoms with Crippen molar-refractivity contribution in [3.63, 3.8) is 0 Å². The van der Waals surface area contributed by atoms with Crippen molar-refractivity contribution in [3.8, 4) is 6.07 Å². The number of likely N-dealkylation sites (N-methyl/N-ethyl adjacent to an activating group) is 1. The van der Waals surface area contributed by atoms with Gasteiger partial charge in [0.2, 0.25) is 15.9 Å². The molecule has 0 spiro atoms. The number of amides is 1. The van der Waals surface area contributed by atoms with Gasteiger partial charge in [0.25, 0.3) is 0 Å². The molecule has 0 radical (unpaired) electrons. The van der Waals surface area contributed by atoms with Gasteiger partial charge >= 0.3 is 0 Å². The van der Waals surface area contributed by atoms with E-state index < -0.39 is 16.1 Å². The van der Waals surface area contributed by atoms with E-state index in [9.17, 15) is 18.5 Å². The highest BCUT2D eigenvalue weighted by Gasteiger charge is 2.31. The smallest absolute Gasteiger partial charge is 0.241 e. The van der Waals surface area contributed by atoms with E-state index in [1.807, 2.05) is 7.05 Å². The predicted octanol–water partition coefficient (Wildman–Crippen LogP) is 1.35. The molecular weight excluding hydrogens is 428 g/mol. The number of carbonyl (C=O) groups excluding carboxylic acids is 1. The van der Waals surface area contributed by atoms with Crippen molar-refractivity contribution < 1.29 is 13.2 Å². The molecule has 1 saturated heterocycles. The molecule has 1 atom stereocenters. The third-order valence-corrected chi connectivity index (χ3v) is 7.39. The molecule has 168 valence electrons. The number of hydrogen-bond acceptors (Lipinski definition) is 5. The summed E-state index contributed by atoms with van der Waals surface area (Å²) in [6.45, 7) is 2.92. The van der Waals surface area contributed by atoms with Gasteiger partial charge in [-0.2, -0.15) is 9.98 Å². The first-order valence-electron chi connectivity index (χ1n) is 10.5. The molecule has 0 aliphatic carbocycles. The largest absolute Gasteiger partial charge is 0.361 e. The van der Waals surface area contributed by atoms with E-state index in [-0.39, 0.29) is 17.2 Å². The summed E-state index contributed by atoms with van der Waals surface area (Å²) < 4.78 is 31.0. The number of sulfonamides is 1. The monoisotopic (exact) mass is 454 g/mol. The van der Waals surface area contributed by atoms with Crippen LogP contribution in [0.15, 0.2) is 53.7 Å². The van der Waals surface area contributed by atoms with E-state index in [0.717, 1.165) is 13.1 Å². The Morgan fingerprint density at radius 2 is 1.97 bits per heavy atom. The number of benzene rings is 1. The second kappa shape index (κ2) is 9.16. The van der Waals surface area contributed by atoms with E-state index in [1.165, 1.54) is 6.07 Å². The van der Waals surface area contributed by atoms with Crippen LogP contribution in [0.25, 0.3) is 10.9 Å². The predicted molar refractivity (Wildman–Crippen MR) is 120 cm³/mol. The van der Waals surface area contributed by atoms with E-state index >= 15 is 0 Å². The Labute approximate surface area is 187 Å². The van der Waals surface area contributed by atoms with Crippen LogP contribution in [0.2, 0.25) is 0 Å². The summed E-state index contributed by atoms with van der Waals surface area (Å²) in [5, 5.41) is 9.83. The van der Waals surface area contributed by atoms with Gasteiger partial charge in [-0.05, 0) is 43.8 Å². The number of aromatic amines is 1. The lowest BCUT2D eigenvalue weighted by Crippen LogP contribution is -2.54. The molecule has 10 heteroatoms. The average molecular weight is 455 g/mol. The number of aryl methyl sites for hydroxylation is 1. The normalized spacial score (nSPS) is 16.2. The number of hydrogen-bond donors (Lipinski definition) is 2. The number of piperazine rings is 1. The molecular formula is C22H26N6O3S. The van der Waals surface area contributed by atoms with Gasteiger partial charge in [-0.3, -0.25) is 4.79 Å². The number of nitriles is 1. The third-order valence-electron chi connectivity index (χ3n) is 5.86. The lowest BCUT2D eigenvalue weighted by atomic mass is 10.1. The maximum atomic E-state index is 13.3.